The van der Waals surface area contributed by atoms with Crippen LogP contribution in [0, 0.1) is 0 Å². The zero-order valence-electron chi connectivity index (χ0n) is 12.7. The number of amides is 2. The highest BCUT2D eigenvalue weighted by Gasteiger charge is 2.25. The summed E-state index contributed by atoms with van der Waals surface area (Å²) in [4.78, 5) is 23.6. The molecule has 1 aromatic carbocycles. The van der Waals surface area contributed by atoms with Crippen molar-refractivity contribution < 1.29 is 19.1 Å². The number of imide groups is 1. The summed E-state index contributed by atoms with van der Waals surface area (Å²) >= 11 is 0. The molecule has 1 fully saturated rings. The lowest BCUT2D eigenvalue weighted by Crippen LogP contribution is -2.52. The summed E-state index contributed by atoms with van der Waals surface area (Å²) in [5, 5.41) is 5.58. The smallest absolute Gasteiger partial charge is 0.413 e. The SMILES string of the molecule is COC(=O)NC(=O)[C@H](Cc1ccccc1)NC1CCOCC1. The van der Waals surface area contributed by atoms with Crippen molar-refractivity contribution >= 4 is 12.0 Å². The van der Waals surface area contributed by atoms with Crippen LogP contribution in [-0.2, 0) is 20.7 Å². The summed E-state index contributed by atoms with van der Waals surface area (Å²) in [7, 11) is 1.24. The lowest BCUT2D eigenvalue weighted by molar-refractivity contribution is -0.122. The summed E-state index contributed by atoms with van der Waals surface area (Å²) in [5.74, 6) is -0.373. The topological polar surface area (TPSA) is 76.7 Å². The van der Waals surface area contributed by atoms with Crippen molar-refractivity contribution in [1.29, 1.82) is 0 Å². The molecular formula is C16H22N2O4. The Balaban J connectivity index is 2.01. The number of rotatable bonds is 5. The van der Waals surface area contributed by atoms with Gasteiger partial charge < -0.3 is 14.8 Å². The molecule has 22 heavy (non-hydrogen) atoms. The van der Waals surface area contributed by atoms with E-state index in [1.807, 2.05) is 30.3 Å². The van der Waals surface area contributed by atoms with E-state index in [4.69, 9.17) is 4.74 Å². The Kier molecular flexibility index (Phi) is 6.36. The number of carbonyl (C=O) groups excluding carboxylic acids is 2. The molecule has 0 unspecified atom stereocenters. The first kappa shape index (κ1) is 16.5. The van der Waals surface area contributed by atoms with E-state index in [0.29, 0.717) is 19.6 Å². The molecule has 1 aliphatic heterocycles. The molecule has 1 aromatic rings. The number of alkyl carbamates (subject to hydrolysis) is 1. The highest BCUT2D eigenvalue weighted by molar-refractivity contribution is 5.95. The molecule has 1 aliphatic rings. The number of ether oxygens (including phenoxy) is 2. The Morgan fingerprint density at radius 2 is 1.95 bits per heavy atom. The largest absolute Gasteiger partial charge is 0.453 e. The average Bonchev–Trinajstić information content (AvgIpc) is 2.56. The molecule has 1 atom stereocenters. The normalized spacial score (nSPS) is 16.8. The van der Waals surface area contributed by atoms with E-state index in [9.17, 15) is 9.59 Å². The first-order valence-electron chi connectivity index (χ1n) is 7.45. The molecule has 2 amide bonds. The molecule has 6 nitrogen and oxygen atoms in total. The van der Waals surface area contributed by atoms with Gasteiger partial charge in [-0.2, -0.15) is 0 Å². The van der Waals surface area contributed by atoms with Crippen LogP contribution in [-0.4, -0.2) is 44.4 Å². The van der Waals surface area contributed by atoms with Crippen molar-refractivity contribution in [2.45, 2.75) is 31.3 Å². The van der Waals surface area contributed by atoms with Crippen LogP contribution in [0.15, 0.2) is 30.3 Å². The predicted octanol–water partition coefficient (Wildman–Crippen LogP) is 1.25. The van der Waals surface area contributed by atoms with Gasteiger partial charge in [0.15, 0.2) is 0 Å². The first-order valence-corrected chi connectivity index (χ1v) is 7.45. The number of nitrogens with one attached hydrogen (secondary N) is 2. The fraction of sp³-hybridized carbons (Fsp3) is 0.500. The maximum Gasteiger partial charge on any atom is 0.413 e. The molecule has 0 saturated carbocycles. The first-order chi connectivity index (χ1) is 10.7. The van der Waals surface area contributed by atoms with Crippen molar-refractivity contribution in [1.82, 2.24) is 10.6 Å². The van der Waals surface area contributed by atoms with E-state index in [-0.39, 0.29) is 11.9 Å². The highest BCUT2D eigenvalue weighted by Crippen LogP contribution is 2.10. The predicted molar refractivity (Wildman–Crippen MR) is 81.5 cm³/mol. The van der Waals surface area contributed by atoms with Crippen LogP contribution < -0.4 is 10.6 Å². The summed E-state index contributed by atoms with van der Waals surface area (Å²) < 4.78 is 9.82. The van der Waals surface area contributed by atoms with Crippen LogP contribution in [0.5, 0.6) is 0 Å². The third-order valence-electron chi connectivity index (χ3n) is 3.67. The third-order valence-corrected chi connectivity index (χ3v) is 3.67. The minimum absolute atomic E-state index is 0.214. The molecule has 1 heterocycles. The van der Waals surface area contributed by atoms with E-state index >= 15 is 0 Å². The second kappa shape index (κ2) is 8.51. The summed E-state index contributed by atoms with van der Waals surface area (Å²) in [6.07, 6.45) is 1.49. The molecule has 6 heteroatoms. The molecule has 120 valence electrons. The van der Waals surface area contributed by atoms with Gasteiger partial charge in [0.1, 0.15) is 0 Å². The van der Waals surface area contributed by atoms with Crippen molar-refractivity contribution in [3.8, 4) is 0 Å². The number of benzene rings is 1. The van der Waals surface area contributed by atoms with Crippen molar-refractivity contribution in [2.24, 2.45) is 0 Å². The van der Waals surface area contributed by atoms with Gasteiger partial charge in [0.05, 0.1) is 13.2 Å². The zero-order chi connectivity index (χ0) is 15.8. The summed E-state index contributed by atoms with van der Waals surface area (Å²) in [6.45, 7) is 1.38. The molecule has 1 saturated heterocycles. The van der Waals surface area contributed by atoms with Crippen molar-refractivity contribution in [2.75, 3.05) is 20.3 Å². The standard InChI is InChI=1S/C16H22N2O4/c1-21-16(20)18-15(19)14(11-12-5-3-2-4-6-12)17-13-7-9-22-10-8-13/h2-6,13-14,17H,7-11H2,1H3,(H,18,19,20)/t14-/m0/s1. The Morgan fingerprint density at radius 3 is 2.59 bits per heavy atom. The van der Waals surface area contributed by atoms with Crippen LogP contribution in [0.3, 0.4) is 0 Å². The molecular weight excluding hydrogens is 284 g/mol. The lowest BCUT2D eigenvalue weighted by atomic mass is 10.0. The maximum absolute atomic E-state index is 12.3. The Labute approximate surface area is 130 Å². The summed E-state index contributed by atoms with van der Waals surface area (Å²) in [5.41, 5.74) is 1.03. The molecule has 0 bridgehead atoms. The fourth-order valence-corrected chi connectivity index (χ4v) is 2.46. The van der Waals surface area contributed by atoms with Gasteiger partial charge in [0.25, 0.3) is 0 Å². The van der Waals surface area contributed by atoms with Crippen molar-refractivity contribution in [3.05, 3.63) is 35.9 Å². The van der Waals surface area contributed by atoms with E-state index in [1.54, 1.807) is 0 Å². The number of hydrogen-bond donors (Lipinski definition) is 2. The van der Waals surface area contributed by atoms with E-state index < -0.39 is 12.1 Å². The maximum atomic E-state index is 12.3. The Bertz CT molecular complexity index is 486. The lowest BCUT2D eigenvalue weighted by Gasteiger charge is -2.28. The second-order valence-corrected chi connectivity index (χ2v) is 5.28. The minimum atomic E-state index is -0.739. The molecule has 0 radical (unpaired) electrons. The van der Waals surface area contributed by atoms with Gasteiger partial charge in [-0.1, -0.05) is 30.3 Å². The molecule has 0 spiro atoms. The van der Waals surface area contributed by atoms with Crippen LogP contribution in [0.1, 0.15) is 18.4 Å². The molecule has 2 rings (SSSR count). The van der Waals surface area contributed by atoms with Gasteiger partial charge in [-0.15, -0.1) is 0 Å². The van der Waals surface area contributed by atoms with E-state index in [1.165, 1.54) is 7.11 Å². The van der Waals surface area contributed by atoms with Gasteiger partial charge >= 0.3 is 6.09 Å². The monoisotopic (exact) mass is 306 g/mol. The van der Waals surface area contributed by atoms with Gasteiger partial charge in [0, 0.05) is 19.3 Å². The molecule has 2 N–H and O–H groups in total. The molecule has 0 aromatic heterocycles. The van der Waals surface area contributed by atoms with E-state index in [2.05, 4.69) is 15.4 Å². The average molecular weight is 306 g/mol. The number of methoxy groups -OCH3 is 1. The van der Waals surface area contributed by atoms with E-state index in [0.717, 1.165) is 18.4 Å². The van der Waals surface area contributed by atoms with Crippen LogP contribution >= 0.6 is 0 Å². The Morgan fingerprint density at radius 1 is 1.27 bits per heavy atom. The van der Waals surface area contributed by atoms with Gasteiger partial charge in [-0.05, 0) is 24.8 Å². The van der Waals surface area contributed by atoms with Crippen LogP contribution in [0.4, 0.5) is 4.79 Å². The number of hydrogen-bond acceptors (Lipinski definition) is 5. The quantitative estimate of drug-likeness (QED) is 0.856. The molecule has 0 aliphatic carbocycles. The number of carbonyl (C=O) groups is 2. The second-order valence-electron chi connectivity index (χ2n) is 5.28. The zero-order valence-corrected chi connectivity index (χ0v) is 12.7. The van der Waals surface area contributed by atoms with Crippen molar-refractivity contribution in [3.63, 3.8) is 0 Å². The fourth-order valence-electron chi connectivity index (χ4n) is 2.46. The van der Waals surface area contributed by atoms with Crippen LogP contribution in [0.25, 0.3) is 0 Å². The third kappa shape index (κ3) is 5.13. The highest BCUT2D eigenvalue weighted by atomic mass is 16.5. The minimum Gasteiger partial charge on any atom is -0.453 e. The Hall–Kier alpha value is -1.92. The summed E-state index contributed by atoms with van der Waals surface area (Å²) in [6, 6.07) is 9.45. The van der Waals surface area contributed by atoms with Gasteiger partial charge in [-0.3, -0.25) is 10.1 Å². The van der Waals surface area contributed by atoms with Crippen LogP contribution in [0.2, 0.25) is 0 Å². The van der Waals surface area contributed by atoms with Gasteiger partial charge in [-0.25, -0.2) is 4.79 Å². The van der Waals surface area contributed by atoms with Gasteiger partial charge in [0.2, 0.25) is 5.91 Å².